The molecule has 0 saturated heterocycles. The summed E-state index contributed by atoms with van der Waals surface area (Å²) in [7, 11) is 0. The monoisotopic (exact) mass is 503 g/mol. The van der Waals surface area contributed by atoms with Crippen LogP contribution in [0.15, 0.2) is 60.0 Å². The molecule has 0 atom stereocenters. The van der Waals surface area contributed by atoms with E-state index in [9.17, 15) is 14.4 Å². The molecule has 1 aromatic carbocycles. The number of nitrogens with one attached hydrogen (secondary N) is 3. The summed E-state index contributed by atoms with van der Waals surface area (Å²) in [5.41, 5.74) is 6.11. The van der Waals surface area contributed by atoms with Gasteiger partial charge in [0.05, 0.1) is 17.1 Å². The quantitative estimate of drug-likeness (QED) is 0.145. The van der Waals surface area contributed by atoms with Crippen molar-refractivity contribution < 1.29 is 29.3 Å². The van der Waals surface area contributed by atoms with Crippen LogP contribution < -0.4 is 21.1 Å². The highest BCUT2D eigenvalue weighted by Gasteiger charge is 2.09. The summed E-state index contributed by atoms with van der Waals surface area (Å²) in [5.74, 6) is -2.16. The Hall–Kier alpha value is -4.23. The van der Waals surface area contributed by atoms with Crippen molar-refractivity contribution in [3.8, 4) is 16.3 Å². The molecule has 0 radical (unpaired) electrons. The van der Waals surface area contributed by atoms with Crippen molar-refractivity contribution in [1.82, 2.24) is 10.3 Å². The van der Waals surface area contributed by atoms with Gasteiger partial charge in [-0.2, -0.15) is 0 Å². The lowest BCUT2D eigenvalue weighted by Gasteiger charge is -2.06. The number of carbonyl (C=O) groups is 3. The van der Waals surface area contributed by atoms with Crippen LogP contribution in [0.1, 0.15) is 4.88 Å². The lowest BCUT2D eigenvalue weighted by Crippen LogP contribution is -2.28. The number of hydrogen-bond donors (Lipinski definition) is 6. The molecule has 0 bridgehead atoms. The summed E-state index contributed by atoms with van der Waals surface area (Å²) in [6.45, 7) is 0.415. The minimum absolute atomic E-state index is 0.0194. The Balaban J connectivity index is 0.000000440. The molecule has 2 heterocycles. The zero-order valence-electron chi connectivity index (χ0n) is 17.6. The Kier molecular flexibility index (Phi) is 10.2. The fraction of sp³-hybridized carbons (Fsp3) is 0.0952. The smallest absolute Gasteiger partial charge is 0.328 e. The van der Waals surface area contributed by atoms with Crippen molar-refractivity contribution in [1.29, 1.82) is 5.41 Å². The third-order valence-corrected chi connectivity index (χ3v) is 5.47. The van der Waals surface area contributed by atoms with Crippen LogP contribution in [0, 0.1) is 5.41 Å². The number of thiophene rings is 1. The van der Waals surface area contributed by atoms with Crippen LogP contribution in [0.25, 0.3) is 10.6 Å². The Morgan fingerprint density at radius 3 is 2.38 bits per heavy atom. The van der Waals surface area contributed by atoms with E-state index < -0.39 is 11.9 Å². The molecule has 3 rings (SSSR count). The van der Waals surface area contributed by atoms with Gasteiger partial charge in [-0.05, 0) is 24.3 Å². The van der Waals surface area contributed by atoms with Crippen LogP contribution in [0.3, 0.4) is 0 Å². The number of aromatic nitrogens is 1. The lowest BCUT2D eigenvalue weighted by molar-refractivity contribution is -0.134. The second kappa shape index (κ2) is 13.3. The molecular weight excluding hydrogens is 482 g/mol. The van der Waals surface area contributed by atoms with Gasteiger partial charge in [-0.15, -0.1) is 22.7 Å². The van der Waals surface area contributed by atoms with Crippen molar-refractivity contribution in [2.75, 3.05) is 11.9 Å². The zero-order chi connectivity index (χ0) is 24.9. The summed E-state index contributed by atoms with van der Waals surface area (Å²) in [6.07, 6.45) is 1.12. The molecular formula is C21H21N5O6S2. The maximum Gasteiger partial charge on any atom is 0.328 e. The maximum absolute atomic E-state index is 11.9. The number of thiazole rings is 1. The number of carboxylic acids is 2. The predicted molar refractivity (Wildman–Crippen MR) is 129 cm³/mol. The molecule has 11 nitrogen and oxygen atoms in total. The largest absolute Gasteiger partial charge is 0.484 e. The first-order valence-electron chi connectivity index (χ1n) is 9.47. The van der Waals surface area contributed by atoms with Gasteiger partial charge in [0.15, 0.2) is 17.7 Å². The van der Waals surface area contributed by atoms with E-state index in [2.05, 4.69) is 15.6 Å². The summed E-state index contributed by atoms with van der Waals surface area (Å²) in [5, 5.41) is 30.8. The Morgan fingerprint density at radius 2 is 1.76 bits per heavy atom. The first-order valence-corrected chi connectivity index (χ1v) is 11.2. The Morgan fingerprint density at radius 1 is 1.09 bits per heavy atom. The molecule has 7 N–H and O–H groups in total. The molecule has 0 spiro atoms. The molecule has 34 heavy (non-hydrogen) atoms. The van der Waals surface area contributed by atoms with Crippen LogP contribution in [0.4, 0.5) is 5.13 Å². The molecule has 2 aromatic heterocycles. The number of nitrogens with zero attached hydrogens (tertiary/aromatic N) is 1. The number of anilines is 1. The summed E-state index contributed by atoms with van der Waals surface area (Å²) < 4.78 is 5.41. The molecule has 1 amide bonds. The first-order chi connectivity index (χ1) is 16.2. The van der Waals surface area contributed by atoms with Gasteiger partial charge in [-0.3, -0.25) is 10.2 Å². The van der Waals surface area contributed by atoms with Crippen LogP contribution >= 0.6 is 22.7 Å². The summed E-state index contributed by atoms with van der Waals surface area (Å²) in [4.78, 5) is 37.4. The SMILES string of the molecule is N=C(N)Nc1nc(-c2ccc(CNC(=O)COc3ccccc3)s2)cs1.O=C(O)/C=C\C(=O)O. The normalized spacial score (nSPS) is 10.1. The highest BCUT2D eigenvalue weighted by Crippen LogP contribution is 2.30. The lowest BCUT2D eigenvalue weighted by atomic mass is 10.3. The van der Waals surface area contributed by atoms with Crippen molar-refractivity contribution in [3.05, 3.63) is 64.9 Å². The van der Waals surface area contributed by atoms with Gasteiger partial charge in [0, 0.05) is 22.4 Å². The maximum atomic E-state index is 11.9. The average molecular weight is 504 g/mol. The molecule has 0 unspecified atom stereocenters. The number of amides is 1. The van der Waals surface area contributed by atoms with Gasteiger partial charge < -0.3 is 31.3 Å². The number of hydrogen-bond acceptors (Lipinski definition) is 8. The van der Waals surface area contributed by atoms with E-state index in [1.807, 2.05) is 47.8 Å². The number of rotatable bonds is 9. The zero-order valence-corrected chi connectivity index (χ0v) is 19.2. The molecule has 0 saturated carbocycles. The number of aliphatic carboxylic acids is 2. The van der Waals surface area contributed by atoms with E-state index in [-0.39, 0.29) is 18.5 Å². The van der Waals surface area contributed by atoms with E-state index in [1.165, 1.54) is 11.3 Å². The predicted octanol–water partition coefficient (Wildman–Crippen LogP) is 2.58. The topological polar surface area (TPSA) is 188 Å². The van der Waals surface area contributed by atoms with Crippen molar-refractivity contribution in [2.24, 2.45) is 5.73 Å². The molecule has 0 fully saturated rings. The minimum atomic E-state index is -1.26. The third kappa shape index (κ3) is 9.93. The molecule has 0 aliphatic heterocycles. The highest BCUT2D eigenvalue weighted by molar-refractivity contribution is 7.17. The van der Waals surface area contributed by atoms with Gasteiger partial charge >= 0.3 is 11.9 Å². The number of carboxylic acid groups (broad SMARTS) is 2. The molecule has 0 aliphatic rings. The van der Waals surface area contributed by atoms with E-state index in [1.54, 1.807) is 11.3 Å². The van der Waals surface area contributed by atoms with Crippen molar-refractivity contribution in [3.63, 3.8) is 0 Å². The van der Waals surface area contributed by atoms with Crippen molar-refractivity contribution in [2.45, 2.75) is 6.54 Å². The highest BCUT2D eigenvalue weighted by atomic mass is 32.1. The molecule has 178 valence electrons. The van der Waals surface area contributed by atoms with Crippen molar-refractivity contribution >= 4 is 51.6 Å². The van der Waals surface area contributed by atoms with Gasteiger partial charge in [0.2, 0.25) is 0 Å². The number of ether oxygens (including phenoxy) is 1. The van der Waals surface area contributed by atoms with Gasteiger partial charge in [0.25, 0.3) is 5.91 Å². The molecule has 3 aromatic rings. The standard InChI is InChI=1S/C17H17N5O2S2.C4H4O4/c18-16(19)22-17-21-13(10-25-17)14-7-6-12(26-14)8-20-15(23)9-24-11-4-2-1-3-5-11;5-3(6)1-2-4(7)8/h1-7,10H,8-9H2,(H,20,23)(H4,18,19,21,22);1-2H,(H,5,6)(H,7,8)/b;2-1-. The third-order valence-electron chi connectivity index (χ3n) is 3.60. The molecule has 13 heteroatoms. The Labute approximate surface area is 202 Å². The van der Waals surface area contributed by atoms with Gasteiger partial charge in [-0.25, -0.2) is 14.6 Å². The van der Waals surface area contributed by atoms with Gasteiger partial charge in [-0.1, -0.05) is 18.2 Å². The minimum Gasteiger partial charge on any atom is -0.484 e. The van der Waals surface area contributed by atoms with Crippen LogP contribution in [0.5, 0.6) is 5.75 Å². The van der Waals surface area contributed by atoms with E-state index in [4.69, 9.17) is 26.1 Å². The number of carbonyl (C=O) groups excluding carboxylic acids is 1. The number of nitrogens with two attached hydrogens (primary N) is 1. The van der Waals surface area contributed by atoms with Crippen LogP contribution in [-0.4, -0.2) is 45.6 Å². The number of benzene rings is 1. The first kappa shape index (κ1) is 26.0. The number of guanidine groups is 1. The summed E-state index contributed by atoms with van der Waals surface area (Å²) in [6, 6.07) is 13.1. The number of para-hydroxylation sites is 1. The second-order valence-corrected chi connectivity index (χ2v) is 8.26. The Bertz CT molecular complexity index is 1140. The van der Waals surface area contributed by atoms with Crippen LogP contribution in [0.2, 0.25) is 0 Å². The molecule has 0 aliphatic carbocycles. The van der Waals surface area contributed by atoms with Crippen LogP contribution in [-0.2, 0) is 20.9 Å². The second-order valence-electron chi connectivity index (χ2n) is 6.23. The van der Waals surface area contributed by atoms with E-state index >= 15 is 0 Å². The summed E-state index contributed by atoms with van der Waals surface area (Å²) >= 11 is 2.93. The average Bonchev–Trinajstić information content (AvgIpc) is 3.45. The fourth-order valence-corrected chi connectivity index (χ4v) is 3.92. The van der Waals surface area contributed by atoms with E-state index in [0.717, 1.165) is 15.4 Å². The fourth-order valence-electron chi connectivity index (χ4n) is 2.22. The van der Waals surface area contributed by atoms with E-state index in [0.29, 0.717) is 29.6 Å². The van der Waals surface area contributed by atoms with Gasteiger partial charge in [0.1, 0.15) is 5.75 Å².